The molecular weight excluding hydrogens is 430 g/mol. The molecule has 1 saturated heterocycles. The van der Waals surface area contributed by atoms with Crippen LogP contribution in [0.3, 0.4) is 0 Å². The van der Waals surface area contributed by atoms with Crippen LogP contribution in [-0.4, -0.2) is 52.7 Å². The summed E-state index contributed by atoms with van der Waals surface area (Å²) in [6.45, 7) is 1.57. The van der Waals surface area contributed by atoms with Crippen LogP contribution in [0.4, 0.5) is 0 Å². The molecule has 3 amide bonds. The Labute approximate surface area is 200 Å². The minimum absolute atomic E-state index is 0.0218. The Hall–Kier alpha value is -3.09. The third-order valence-corrected chi connectivity index (χ3v) is 7.66. The van der Waals surface area contributed by atoms with Gasteiger partial charge in [0.05, 0.1) is 6.26 Å². The number of benzene rings is 1. The van der Waals surface area contributed by atoms with Crippen LogP contribution in [0.25, 0.3) is 0 Å². The molecule has 1 aromatic heterocycles. The minimum atomic E-state index is -0.555. The molecule has 2 aliphatic heterocycles. The first-order valence-electron chi connectivity index (χ1n) is 12.6. The molecule has 5 rings (SSSR count). The van der Waals surface area contributed by atoms with E-state index < -0.39 is 6.04 Å². The van der Waals surface area contributed by atoms with Crippen molar-refractivity contribution in [3.8, 4) is 0 Å². The number of fused-ring (bicyclic) bond motifs is 1. The lowest BCUT2D eigenvalue weighted by Gasteiger charge is -2.40. The molecule has 34 heavy (non-hydrogen) atoms. The van der Waals surface area contributed by atoms with Gasteiger partial charge in [-0.2, -0.15) is 0 Å². The highest BCUT2D eigenvalue weighted by molar-refractivity contribution is 5.96. The van der Waals surface area contributed by atoms with E-state index in [0.29, 0.717) is 26.1 Å². The van der Waals surface area contributed by atoms with E-state index in [2.05, 4.69) is 5.32 Å². The maximum Gasteiger partial charge on any atom is 0.290 e. The van der Waals surface area contributed by atoms with Gasteiger partial charge in [-0.15, -0.1) is 0 Å². The van der Waals surface area contributed by atoms with Crippen molar-refractivity contribution in [2.45, 2.75) is 70.0 Å². The highest BCUT2D eigenvalue weighted by Gasteiger charge is 2.39. The van der Waals surface area contributed by atoms with Crippen LogP contribution in [0, 0.1) is 5.92 Å². The summed E-state index contributed by atoms with van der Waals surface area (Å²) in [7, 11) is 0. The van der Waals surface area contributed by atoms with Crippen molar-refractivity contribution >= 4 is 17.7 Å². The van der Waals surface area contributed by atoms with Crippen molar-refractivity contribution in [2.24, 2.45) is 5.92 Å². The van der Waals surface area contributed by atoms with Crippen molar-refractivity contribution in [2.75, 3.05) is 13.1 Å². The van der Waals surface area contributed by atoms with E-state index in [0.717, 1.165) is 49.7 Å². The summed E-state index contributed by atoms with van der Waals surface area (Å²) in [5.74, 6) is 0.306. The second-order valence-electron chi connectivity index (χ2n) is 9.84. The van der Waals surface area contributed by atoms with Crippen LogP contribution in [0.2, 0.25) is 0 Å². The van der Waals surface area contributed by atoms with Crippen LogP contribution < -0.4 is 5.32 Å². The molecule has 180 valence electrons. The van der Waals surface area contributed by atoms with E-state index in [9.17, 15) is 14.4 Å². The first-order chi connectivity index (χ1) is 16.6. The zero-order chi connectivity index (χ0) is 23.5. The maximum atomic E-state index is 13.6. The highest BCUT2D eigenvalue weighted by atomic mass is 16.3. The van der Waals surface area contributed by atoms with E-state index in [-0.39, 0.29) is 35.4 Å². The van der Waals surface area contributed by atoms with Crippen LogP contribution in [-0.2, 0) is 22.6 Å². The third-order valence-electron chi connectivity index (χ3n) is 7.66. The predicted octanol–water partition coefficient (Wildman–Crippen LogP) is 3.53. The summed E-state index contributed by atoms with van der Waals surface area (Å²) in [4.78, 5) is 43.0. The number of hydrogen-bond acceptors (Lipinski definition) is 4. The van der Waals surface area contributed by atoms with Gasteiger partial charge in [-0.05, 0) is 48.9 Å². The number of piperidine rings is 1. The third kappa shape index (κ3) is 4.74. The number of nitrogens with zero attached hydrogens (tertiary/aromatic N) is 2. The maximum absolute atomic E-state index is 13.6. The van der Waals surface area contributed by atoms with Gasteiger partial charge in [-0.25, -0.2) is 0 Å². The molecule has 3 heterocycles. The largest absolute Gasteiger partial charge is 0.459 e. The van der Waals surface area contributed by atoms with Crippen LogP contribution in [0.5, 0.6) is 0 Å². The molecule has 1 aromatic carbocycles. The summed E-state index contributed by atoms with van der Waals surface area (Å²) in [5, 5.41) is 3.23. The molecule has 0 spiro atoms. The van der Waals surface area contributed by atoms with E-state index in [4.69, 9.17) is 4.42 Å². The van der Waals surface area contributed by atoms with Gasteiger partial charge in [0.15, 0.2) is 5.76 Å². The molecule has 0 bridgehead atoms. The number of rotatable bonds is 4. The molecule has 1 aliphatic carbocycles. The summed E-state index contributed by atoms with van der Waals surface area (Å²) < 4.78 is 5.35. The van der Waals surface area contributed by atoms with E-state index in [1.54, 1.807) is 17.0 Å². The monoisotopic (exact) mass is 463 g/mol. The van der Waals surface area contributed by atoms with Crippen molar-refractivity contribution < 1.29 is 18.8 Å². The Morgan fingerprint density at radius 2 is 1.62 bits per heavy atom. The summed E-state index contributed by atoms with van der Waals surface area (Å²) in [6.07, 6.45) is 8.98. The molecule has 2 fully saturated rings. The van der Waals surface area contributed by atoms with Gasteiger partial charge in [0.1, 0.15) is 6.04 Å². The first kappa shape index (κ1) is 22.7. The molecule has 1 unspecified atom stereocenters. The van der Waals surface area contributed by atoms with Gasteiger partial charge in [0.2, 0.25) is 11.8 Å². The van der Waals surface area contributed by atoms with Crippen molar-refractivity contribution in [3.05, 3.63) is 59.5 Å². The number of carbonyl (C=O) groups is 3. The normalized spacial score (nSPS) is 21.7. The van der Waals surface area contributed by atoms with E-state index >= 15 is 0 Å². The molecule has 0 radical (unpaired) electrons. The van der Waals surface area contributed by atoms with Crippen molar-refractivity contribution in [1.29, 1.82) is 0 Å². The number of hydrogen-bond donors (Lipinski definition) is 1. The Kier molecular flexibility index (Phi) is 6.70. The smallest absolute Gasteiger partial charge is 0.290 e. The molecular formula is C27H33N3O4. The van der Waals surface area contributed by atoms with Gasteiger partial charge in [-0.3, -0.25) is 14.4 Å². The summed E-state index contributed by atoms with van der Waals surface area (Å²) >= 11 is 0. The standard InChI is InChI=1S/C27H33N3O4/c31-25(19-7-2-1-3-8-19)28-22-12-14-29(15-13-22)26(32)23-17-20-9-4-5-10-21(20)18-30(23)27(33)24-11-6-16-34-24/h4-6,9-11,16,19,22-23H,1-3,7-8,12-15,17-18H2,(H,28,31). The zero-order valence-corrected chi connectivity index (χ0v) is 19.6. The zero-order valence-electron chi connectivity index (χ0n) is 19.6. The summed E-state index contributed by atoms with van der Waals surface area (Å²) in [5.41, 5.74) is 2.18. The Morgan fingerprint density at radius 3 is 2.32 bits per heavy atom. The lowest BCUT2D eigenvalue weighted by atomic mass is 9.88. The Bertz CT molecular complexity index is 1020. The fraction of sp³-hybridized carbons (Fsp3) is 0.519. The van der Waals surface area contributed by atoms with E-state index in [1.165, 1.54) is 12.7 Å². The highest BCUT2D eigenvalue weighted by Crippen LogP contribution is 2.28. The molecule has 1 atom stereocenters. The van der Waals surface area contributed by atoms with Gasteiger partial charge < -0.3 is 19.5 Å². The molecule has 7 heteroatoms. The van der Waals surface area contributed by atoms with Crippen LogP contribution >= 0.6 is 0 Å². The number of furan rings is 1. The fourth-order valence-corrected chi connectivity index (χ4v) is 5.64. The van der Waals surface area contributed by atoms with Crippen LogP contribution in [0.1, 0.15) is 66.6 Å². The number of carbonyl (C=O) groups excluding carboxylic acids is 3. The second kappa shape index (κ2) is 10.0. The molecule has 2 aromatic rings. The second-order valence-corrected chi connectivity index (χ2v) is 9.84. The summed E-state index contributed by atoms with van der Waals surface area (Å²) in [6, 6.07) is 10.9. The van der Waals surface area contributed by atoms with E-state index in [1.807, 2.05) is 29.2 Å². The minimum Gasteiger partial charge on any atom is -0.459 e. The predicted molar refractivity (Wildman–Crippen MR) is 127 cm³/mol. The molecule has 1 N–H and O–H groups in total. The number of nitrogens with one attached hydrogen (secondary N) is 1. The van der Waals surface area contributed by atoms with Gasteiger partial charge in [0, 0.05) is 38.0 Å². The van der Waals surface area contributed by atoms with Crippen molar-refractivity contribution in [1.82, 2.24) is 15.1 Å². The Morgan fingerprint density at radius 1 is 0.882 bits per heavy atom. The lowest BCUT2D eigenvalue weighted by Crippen LogP contribution is -2.56. The lowest BCUT2D eigenvalue weighted by molar-refractivity contribution is -0.138. The molecule has 7 nitrogen and oxygen atoms in total. The molecule has 3 aliphatic rings. The molecule has 1 saturated carbocycles. The fourth-order valence-electron chi connectivity index (χ4n) is 5.64. The average molecular weight is 464 g/mol. The SMILES string of the molecule is O=C(NC1CCN(C(=O)C2Cc3ccccc3CN2C(=O)c2ccco2)CC1)C1CCCCC1. The van der Waals surface area contributed by atoms with Crippen LogP contribution in [0.15, 0.2) is 47.1 Å². The average Bonchev–Trinajstić information content (AvgIpc) is 3.43. The quantitative estimate of drug-likeness (QED) is 0.752. The number of amides is 3. The topological polar surface area (TPSA) is 82.9 Å². The van der Waals surface area contributed by atoms with Gasteiger partial charge in [-0.1, -0.05) is 43.5 Å². The Balaban J connectivity index is 1.24. The number of likely N-dealkylation sites (tertiary alicyclic amines) is 1. The van der Waals surface area contributed by atoms with Gasteiger partial charge in [0.25, 0.3) is 5.91 Å². The van der Waals surface area contributed by atoms with Gasteiger partial charge >= 0.3 is 0 Å². The van der Waals surface area contributed by atoms with Crippen molar-refractivity contribution in [3.63, 3.8) is 0 Å². The first-order valence-corrected chi connectivity index (χ1v) is 12.6.